The summed E-state index contributed by atoms with van der Waals surface area (Å²) < 4.78 is 41.3. The summed E-state index contributed by atoms with van der Waals surface area (Å²) in [4.78, 5) is 17.1. The number of nitrogens with zero attached hydrogens (tertiary/aromatic N) is 3. The Kier molecular flexibility index (Phi) is 5.97. The summed E-state index contributed by atoms with van der Waals surface area (Å²) in [6.07, 6.45) is -4.71. The molecule has 0 fully saturated rings. The molecule has 1 aliphatic rings. The third-order valence-corrected chi connectivity index (χ3v) is 5.90. The Labute approximate surface area is 195 Å². The number of hydrogen-bond acceptors (Lipinski definition) is 4. The fourth-order valence-corrected chi connectivity index (χ4v) is 4.08. The van der Waals surface area contributed by atoms with E-state index >= 15 is 0 Å². The number of anilines is 2. The van der Waals surface area contributed by atoms with E-state index in [2.05, 4.69) is 34.6 Å². The molecular weight excluding hydrogens is 443 g/mol. The number of carbonyl (C=O) groups excluding carboxylic acids is 1. The zero-order valence-electron chi connectivity index (χ0n) is 19.6. The Balaban J connectivity index is 1.81. The van der Waals surface area contributed by atoms with Crippen molar-refractivity contribution in [1.82, 2.24) is 14.8 Å². The van der Waals surface area contributed by atoms with Gasteiger partial charge in [0.15, 0.2) is 0 Å². The van der Waals surface area contributed by atoms with Crippen LogP contribution in [-0.2, 0) is 11.0 Å². The van der Waals surface area contributed by atoms with Gasteiger partial charge in [0.2, 0.25) is 5.95 Å². The number of nitrogens with one attached hydrogen (secondary N) is 2. The molecule has 3 aromatic rings. The number of amides is 1. The summed E-state index contributed by atoms with van der Waals surface area (Å²) in [5.41, 5.74) is 4.96. The Bertz CT molecular complexity index is 1270. The summed E-state index contributed by atoms with van der Waals surface area (Å²) in [5, 5.41) is 9.49. The van der Waals surface area contributed by atoms with E-state index in [1.807, 2.05) is 56.3 Å². The molecule has 9 heteroatoms. The van der Waals surface area contributed by atoms with E-state index in [0.717, 1.165) is 21.4 Å². The molecule has 1 aromatic heterocycles. The van der Waals surface area contributed by atoms with Gasteiger partial charge in [-0.3, -0.25) is 4.79 Å². The predicted octanol–water partition coefficient (Wildman–Crippen LogP) is 5.96. The molecule has 6 nitrogen and oxygen atoms in total. The molecule has 0 saturated heterocycles. The smallest absolute Gasteiger partial charge is 0.328 e. The Hall–Kier alpha value is -3.62. The number of carbonyl (C=O) groups is 1. The van der Waals surface area contributed by atoms with Crippen molar-refractivity contribution < 1.29 is 18.0 Å². The van der Waals surface area contributed by atoms with Crippen LogP contribution in [0.4, 0.5) is 24.8 Å². The molecule has 2 aromatic carbocycles. The number of hydrogen-bond donors (Lipinski definition) is 2. The van der Waals surface area contributed by atoms with Crippen LogP contribution in [0.3, 0.4) is 0 Å². The summed E-state index contributed by atoms with van der Waals surface area (Å²) >= 11 is 0. The quantitative estimate of drug-likeness (QED) is 0.494. The predicted molar refractivity (Wildman–Crippen MR) is 125 cm³/mol. The number of aromatic nitrogens is 3. The number of rotatable bonds is 4. The van der Waals surface area contributed by atoms with E-state index in [1.165, 1.54) is 0 Å². The van der Waals surface area contributed by atoms with Gasteiger partial charge in [-0.2, -0.15) is 18.2 Å². The lowest BCUT2D eigenvalue weighted by Gasteiger charge is -2.29. The number of alkyl halides is 3. The standard InChI is InChI=1S/C25H26F3N5O/c1-13(2)17-7-9-18(10-8-17)21-20(22(34)30-19-11-6-14(3)12-15(19)4)16(5)29-24-31-23(25(26,27)28)32-33(21)24/h6-13,21H,1-5H3,(H,30,34)(H,29,31,32). The van der Waals surface area contributed by atoms with Crippen LogP contribution >= 0.6 is 0 Å². The van der Waals surface area contributed by atoms with Crippen LogP contribution in [0.5, 0.6) is 0 Å². The molecular formula is C25H26F3N5O. The van der Waals surface area contributed by atoms with Crippen LogP contribution in [0.1, 0.15) is 60.8 Å². The van der Waals surface area contributed by atoms with Crippen LogP contribution < -0.4 is 10.6 Å². The normalized spacial score (nSPS) is 15.9. The summed E-state index contributed by atoms with van der Waals surface area (Å²) in [5.74, 6) is -1.47. The minimum Gasteiger partial charge on any atom is -0.328 e. The second-order valence-corrected chi connectivity index (χ2v) is 8.86. The molecule has 0 aliphatic carbocycles. The highest BCUT2D eigenvalue weighted by molar-refractivity contribution is 6.06. The highest BCUT2D eigenvalue weighted by atomic mass is 19.4. The van der Waals surface area contributed by atoms with Crippen molar-refractivity contribution in [1.29, 1.82) is 0 Å². The molecule has 0 spiro atoms. The summed E-state index contributed by atoms with van der Waals surface area (Å²) in [7, 11) is 0. The van der Waals surface area contributed by atoms with Crippen molar-refractivity contribution in [3.8, 4) is 0 Å². The minimum absolute atomic E-state index is 0.0640. The maximum atomic E-state index is 13.5. The molecule has 178 valence electrons. The van der Waals surface area contributed by atoms with Gasteiger partial charge < -0.3 is 10.6 Å². The average molecular weight is 470 g/mol. The summed E-state index contributed by atoms with van der Waals surface area (Å²) in [6, 6.07) is 12.2. The fourth-order valence-electron chi connectivity index (χ4n) is 4.08. The Morgan fingerprint density at radius 3 is 2.35 bits per heavy atom. The van der Waals surface area contributed by atoms with Gasteiger partial charge in [0, 0.05) is 11.4 Å². The maximum absolute atomic E-state index is 13.5. The van der Waals surface area contributed by atoms with Gasteiger partial charge in [-0.05, 0) is 49.4 Å². The Morgan fingerprint density at radius 1 is 1.09 bits per heavy atom. The van der Waals surface area contributed by atoms with Gasteiger partial charge in [0.1, 0.15) is 6.04 Å². The lowest BCUT2D eigenvalue weighted by Crippen LogP contribution is -2.31. The van der Waals surface area contributed by atoms with E-state index in [4.69, 9.17) is 0 Å². The number of halogens is 3. The largest absolute Gasteiger partial charge is 0.453 e. The second kappa shape index (κ2) is 8.62. The number of benzene rings is 2. The van der Waals surface area contributed by atoms with Crippen LogP contribution in [-0.4, -0.2) is 20.7 Å². The first-order chi connectivity index (χ1) is 16.0. The first kappa shape index (κ1) is 23.5. The van der Waals surface area contributed by atoms with Gasteiger partial charge in [0.05, 0.1) is 5.57 Å². The second-order valence-electron chi connectivity index (χ2n) is 8.86. The zero-order chi connectivity index (χ0) is 24.8. The summed E-state index contributed by atoms with van der Waals surface area (Å²) in [6.45, 7) is 9.60. The van der Waals surface area contributed by atoms with E-state index in [0.29, 0.717) is 16.9 Å². The molecule has 34 heavy (non-hydrogen) atoms. The maximum Gasteiger partial charge on any atom is 0.453 e. The highest BCUT2D eigenvalue weighted by Gasteiger charge is 2.41. The molecule has 1 unspecified atom stereocenters. The van der Waals surface area contributed by atoms with Crippen molar-refractivity contribution >= 4 is 17.5 Å². The number of allylic oxidation sites excluding steroid dienone is 1. The lowest BCUT2D eigenvalue weighted by atomic mass is 9.92. The molecule has 0 radical (unpaired) electrons. The van der Waals surface area contributed by atoms with Crippen LogP contribution in [0.15, 0.2) is 53.7 Å². The van der Waals surface area contributed by atoms with E-state index < -0.39 is 23.9 Å². The molecule has 0 bridgehead atoms. The third-order valence-electron chi connectivity index (χ3n) is 5.90. The highest BCUT2D eigenvalue weighted by Crippen LogP contribution is 2.38. The van der Waals surface area contributed by atoms with Crippen molar-refractivity contribution in [3.05, 3.63) is 81.8 Å². The molecule has 1 aliphatic heterocycles. The van der Waals surface area contributed by atoms with Gasteiger partial charge in [-0.15, -0.1) is 5.10 Å². The van der Waals surface area contributed by atoms with E-state index in [1.54, 1.807) is 6.92 Å². The Morgan fingerprint density at radius 2 is 1.76 bits per heavy atom. The van der Waals surface area contributed by atoms with Crippen molar-refractivity contribution in [2.24, 2.45) is 0 Å². The van der Waals surface area contributed by atoms with Crippen molar-refractivity contribution in [3.63, 3.8) is 0 Å². The average Bonchev–Trinajstić information content (AvgIpc) is 3.19. The van der Waals surface area contributed by atoms with E-state index in [9.17, 15) is 18.0 Å². The van der Waals surface area contributed by atoms with Crippen LogP contribution in [0, 0.1) is 13.8 Å². The SMILES string of the molecule is CC1=C(C(=O)Nc2ccc(C)cc2C)C(c2ccc(C(C)C)cc2)n2nc(C(F)(F)F)nc2N1. The van der Waals surface area contributed by atoms with Crippen LogP contribution in [0.25, 0.3) is 0 Å². The van der Waals surface area contributed by atoms with Crippen LogP contribution in [0.2, 0.25) is 0 Å². The monoisotopic (exact) mass is 469 g/mol. The molecule has 0 saturated carbocycles. The third kappa shape index (κ3) is 4.42. The topological polar surface area (TPSA) is 71.8 Å². The van der Waals surface area contributed by atoms with E-state index in [-0.39, 0.29) is 17.4 Å². The first-order valence-corrected chi connectivity index (χ1v) is 11.0. The zero-order valence-corrected chi connectivity index (χ0v) is 19.6. The molecule has 4 rings (SSSR count). The fraction of sp³-hybridized carbons (Fsp3) is 0.320. The molecule has 1 atom stereocenters. The van der Waals surface area contributed by atoms with Gasteiger partial charge in [0.25, 0.3) is 11.7 Å². The number of aryl methyl sites for hydroxylation is 2. The van der Waals surface area contributed by atoms with Crippen molar-refractivity contribution in [2.75, 3.05) is 10.6 Å². The van der Waals surface area contributed by atoms with Gasteiger partial charge in [-0.1, -0.05) is 55.8 Å². The lowest BCUT2D eigenvalue weighted by molar-refractivity contribution is -0.145. The first-order valence-electron chi connectivity index (χ1n) is 11.0. The van der Waals surface area contributed by atoms with Crippen molar-refractivity contribution in [2.45, 2.75) is 52.8 Å². The molecule has 2 N–H and O–H groups in total. The minimum atomic E-state index is -4.71. The number of fused-ring (bicyclic) bond motifs is 1. The van der Waals surface area contributed by atoms with Gasteiger partial charge in [-0.25, -0.2) is 4.68 Å². The molecule has 1 amide bonds. The van der Waals surface area contributed by atoms with Gasteiger partial charge >= 0.3 is 6.18 Å². The molecule has 2 heterocycles.